The molecule has 0 saturated carbocycles. The molecule has 0 fully saturated rings. The van der Waals surface area contributed by atoms with Gasteiger partial charge in [-0.25, -0.2) is 4.79 Å². The zero-order valence-corrected chi connectivity index (χ0v) is 32.9. The SMILES string of the molecule is CCOC(=O)/C=C(C)/C=C(\C)C[C@@H](O)c1ccc(OCCO[Si](CCC(F)(F)C(F)(F)C(F)(F)C(F)(F)C(F)(F)C(F)(F)C(F)(F)C(F)(F)F)(C(C)C)C(C)C)cc1. The number of esters is 1. The number of rotatable bonds is 22. The Morgan fingerprint density at radius 1 is 0.690 bits per heavy atom. The highest BCUT2D eigenvalue weighted by molar-refractivity contribution is 6.76. The molecule has 0 bridgehead atoms. The molecule has 0 aliphatic heterocycles. The zero-order chi connectivity index (χ0) is 45.7. The monoisotopic (exact) mass is 894 g/mol. The fourth-order valence-electron chi connectivity index (χ4n) is 5.81. The van der Waals surface area contributed by atoms with E-state index in [4.69, 9.17) is 13.9 Å². The summed E-state index contributed by atoms with van der Waals surface area (Å²) in [5.41, 5.74) is 0.0114. The highest BCUT2D eigenvalue weighted by Crippen LogP contribution is 2.64. The standard InChI is InChI=1S/C35H43F17O5Si/c1-8-55-27(54)19-23(7)17-22(6)18-26(53)24-9-11-25(12-10-24)56-14-15-57-58(20(2)3,21(4)5)16-13-28(36,37)29(38,39)30(40,41)31(42,43)32(44,45)33(46,47)34(48,49)35(50,51)52/h9-12,17,19-21,26,53H,8,13-16,18H2,1-7H3/b22-17+,23-19+/t26-/m1/s1. The second kappa shape index (κ2) is 18.7. The summed E-state index contributed by atoms with van der Waals surface area (Å²) in [5.74, 6) is -57.0. The van der Waals surface area contributed by atoms with Gasteiger partial charge in [0, 0.05) is 12.5 Å². The highest BCUT2D eigenvalue weighted by atomic mass is 28.4. The molecule has 0 heterocycles. The molecule has 1 N–H and O–H groups in total. The Bertz CT molecular complexity index is 1570. The van der Waals surface area contributed by atoms with Gasteiger partial charge in [-0.3, -0.25) is 0 Å². The number of halogens is 17. The molecule has 0 radical (unpaired) electrons. The van der Waals surface area contributed by atoms with Crippen molar-refractivity contribution in [3.63, 3.8) is 0 Å². The van der Waals surface area contributed by atoms with Crippen molar-refractivity contribution >= 4 is 14.3 Å². The smallest absolute Gasteiger partial charge is 0.460 e. The third-order valence-electron chi connectivity index (χ3n) is 9.18. The molecule has 5 nitrogen and oxygen atoms in total. The Labute approximate surface area is 323 Å². The van der Waals surface area contributed by atoms with E-state index in [1.165, 1.54) is 58.0 Å². The van der Waals surface area contributed by atoms with Crippen LogP contribution in [0.25, 0.3) is 0 Å². The van der Waals surface area contributed by atoms with Crippen LogP contribution in [0.2, 0.25) is 17.1 Å². The van der Waals surface area contributed by atoms with Crippen LogP contribution in [0, 0.1) is 0 Å². The van der Waals surface area contributed by atoms with Crippen molar-refractivity contribution in [3.8, 4) is 5.75 Å². The second-order valence-corrected chi connectivity index (χ2v) is 19.0. The molecule has 1 rings (SSSR count). The van der Waals surface area contributed by atoms with E-state index in [9.17, 15) is 84.5 Å². The Hall–Kier alpha value is -3.08. The van der Waals surface area contributed by atoms with E-state index in [1.807, 2.05) is 0 Å². The topological polar surface area (TPSA) is 65.0 Å². The maximum atomic E-state index is 14.9. The molecule has 0 saturated heterocycles. The molecular weight excluding hydrogens is 851 g/mol. The van der Waals surface area contributed by atoms with E-state index in [1.54, 1.807) is 26.8 Å². The van der Waals surface area contributed by atoms with Crippen molar-refractivity contribution in [2.45, 2.75) is 132 Å². The molecule has 58 heavy (non-hydrogen) atoms. The van der Waals surface area contributed by atoms with Crippen molar-refractivity contribution in [1.29, 1.82) is 0 Å². The number of carbonyl (C=O) groups is 1. The molecule has 0 aromatic heterocycles. The molecule has 1 atom stereocenters. The van der Waals surface area contributed by atoms with Crippen molar-refractivity contribution < 1.29 is 98.4 Å². The van der Waals surface area contributed by atoms with Gasteiger partial charge in [0.05, 0.1) is 19.3 Å². The predicted octanol–water partition coefficient (Wildman–Crippen LogP) is 12.1. The number of aliphatic hydroxyl groups excluding tert-OH is 1. The number of allylic oxidation sites excluding steroid dienone is 2. The van der Waals surface area contributed by atoms with Crippen molar-refractivity contribution in [3.05, 3.63) is 53.1 Å². The van der Waals surface area contributed by atoms with Gasteiger partial charge in [-0.1, -0.05) is 51.5 Å². The first-order valence-electron chi connectivity index (χ1n) is 17.2. The van der Waals surface area contributed by atoms with Gasteiger partial charge in [-0.15, -0.1) is 0 Å². The first-order chi connectivity index (χ1) is 25.9. The summed E-state index contributed by atoms with van der Waals surface area (Å²) in [4.78, 5) is 11.6. The lowest BCUT2D eigenvalue weighted by atomic mass is 9.88. The minimum Gasteiger partial charge on any atom is -0.491 e. The minimum atomic E-state index is -8.68. The summed E-state index contributed by atoms with van der Waals surface area (Å²) in [6.07, 6.45) is -8.26. The van der Waals surface area contributed by atoms with Crippen molar-refractivity contribution in [2.75, 3.05) is 19.8 Å². The van der Waals surface area contributed by atoms with Gasteiger partial charge in [-0.05, 0) is 67.6 Å². The van der Waals surface area contributed by atoms with E-state index >= 15 is 0 Å². The Balaban J connectivity index is 3.18. The van der Waals surface area contributed by atoms with Crippen LogP contribution < -0.4 is 4.74 Å². The maximum absolute atomic E-state index is 14.9. The van der Waals surface area contributed by atoms with Crippen molar-refractivity contribution in [1.82, 2.24) is 0 Å². The highest BCUT2D eigenvalue weighted by Gasteiger charge is 2.95. The lowest BCUT2D eigenvalue weighted by Crippen LogP contribution is -2.74. The van der Waals surface area contributed by atoms with Crippen LogP contribution in [0.15, 0.2) is 47.6 Å². The molecular formula is C35H43F17O5Si. The number of alkyl halides is 17. The molecule has 0 spiro atoms. The summed E-state index contributed by atoms with van der Waals surface area (Å²) in [7, 11) is -3.95. The van der Waals surface area contributed by atoms with E-state index < -0.39 is 98.2 Å². The maximum Gasteiger partial charge on any atom is 0.460 e. The van der Waals surface area contributed by atoms with Crippen LogP contribution in [0.5, 0.6) is 5.75 Å². The van der Waals surface area contributed by atoms with E-state index in [0.717, 1.165) is 0 Å². The van der Waals surface area contributed by atoms with Gasteiger partial charge < -0.3 is 19.0 Å². The molecule has 1 aromatic carbocycles. The van der Waals surface area contributed by atoms with Crippen LogP contribution in [0.1, 0.15) is 73.0 Å². The average molecular weight is 895 g/mol. The Kier molecular flexibility index (Phi) is 17.0. The fraction of sp³-hybridized carbons (Fsp3) is 0.686. The van der Waals surface area contributed by atoms with Crippen LogP contribution in [0.4, 0.5) is 74.6 Å². The minimum absolute atomic E-state index is 0.160. The molecule has 1 aromatic rings. The molecule has 0 aliphatic carbocycles. The first-order valence-corrected chi connectivity index (χ1v) is 19.5. The summed E-state index contributed by atoms with van der Waals surface area (Å²) < 4.78 is 250. The summed E-state index contributed by atoms with van der Waals surface area (Å²) in [5, 5.41) is 10.6. The van der Waals surface area contributed by atoms with Gasteiger partial charge in [0.25, 0.3) is 0 Å². The molecule has 23 heteroatoms. The third kappa shape index (κ3) is 10.6. The number of hydrogen-bond donors (Lipinski definition) is 1. The van der Waals surface area contributed by atoms with Gasteiger partial charge >= 0.3 is 53.6 Å². The van der Waals surface area contributed by atoms with Crippen LogP contribution in [-0.2, 0) is 14.0 Å². The van der Waals surface area contributed by atoms with Crippen molar-refractivity contribution in [2.24, 2.45) is 0 Å². The fourth-order valence-corrected chi connectivity index (χ4v) is 10.3. The quantitative estimate of drug-likeness (QED) is 0.0314. The summed E-state index contributed by atoms with van der Waals surface area (Å²) >= 11 is 0. The number of aliphatic hydroxyl groups is 1. The lowest BCUT2D eigenvalue weighted by molar-refractivity contribution is -0.461. The molecule has 336 valence electrons. The van der Waals surface area contributed by atoms with Gasteiger partial charge in [0.15, 0.2) is 8.32 Å². The molecule has 0 unspecified atom stereocenters. The van der Waals surface area contributed by atoms with E-state index in [0.29, 0.717) is 16.7 Å². The lowest BCUT2D eigenvalue weighted by Gasteiger charge is -2.44. The van der Waals surface area contributed by atoms with Crippen LogP contribution in [-0.4, -0.2) is 86.8 Å². The average Bonchev–Trinajstić information content (AvgIpc) is 3.06. The summed E-state index contributed by atoms with van der Waals surface area (Å²) in [6.45, 7) is 9.66. The van der Waals surface area contributed by atoms with E-state index in [2.05, 4.69) is 0 Å². The van der Waals surface area contributed by atoms with E-state index in [-0.39, 0.29) is 25.4 Å². The van der Waals surface area contributed by atoms with Gasteiger partial charge in [0.1, 0.15) is 12.4 Å². The zero-order valence-electron chi connectivity index (χ0n) is 31.9. The van der Waals surface area contributed by atoms with Crippen LogP contribution in [0.3, 0.4) is 0 Å². The molecule has 0 aliphatic rings. The number of benzene rings is 1. The normalized spacial score (nSPS) is 15.6. The van der Waals surface area contributed by atoms with Gasteiger partial charge in [0.2, 0.25) is 0 Å². The first kappa shape index (κ1) is 52.9. The molecule has 0 amide bonds. The summed E-state index contributed by atoms with van der Waals surface area (Å²) in [6, 6.07) is 4.50. The third-order valence-corrected chi connectivity index (χ3v) is 14.9. The second-order valence-electron chi connectivity index (χ2n) is 14.0. The van der Waals surface area contributed by atoms with Crippen LogP contribution >= 0.6 is 0 Å². The predicted molar refractivity (Wildman–Crippen MR) is 178 cm³/mol. The number of ether oxygens (including phenoxy) is 2. The number of hydrogen-bond acceptors (Lipinski definition) is 5. The van der Waals surface area contributed by atoms with Gasteiger partial charge in [-0.2, -0.15) is 74.6 Å². The Morgan fingerprint density at radius 3 is 1.57 bits per heavy atom. The Morgan fingerprint density at radius 2 is 1.14 bits per heavy atom. The number of carbonyl (C=O) groups excluding carboxylic acids is 1. The largest absolute Gasteiger partial charge is 0.491 e.